The minimum atomic E-state index is 0.229. The van der Waals surface area contributed by atoms with Gasteiger partial charge in [-0.3, -0.25) is 4.79 Å². The van der Waals surface area contributed by atoms with Crippen molar-refractivity contribution in [3.8, 4) is 0 Å². The van der Waals surface area contributed by atoms with E-state index in [9.17, 15) is 4.79 Å². The number of hydrogen-bond acceptors (Lipinski definition) is 2. The SMILES string of the molecule is CC(CC(=O)N1C2CC3CC(C2)CC1C3)c1c[nH]c2ncccc12. The van der Waals surface area contributed by atoms with Crippen LogP contribution in [0.2, 0.25) is 0 Å². The summed E-state index contributed by atoms with van der Waals surface area (Å²) in [5.74, 6) is 2.39. The van der Waals surface area contributed by atoms with Crippen LogP contribution in [0.4, 0.5) is 0 Å². The fourth-order valence-electron chi connectivity index (χ4n) is 5.80. The van der Waals surface area contributed by atoms with Crippen molar-refractivity contribution in [3.63, 3.8) is 0 Å². The Morgan fingerprint density at radius 1 is 1.25 bits per heavy atom. The number of pyridine rings is 1. The van der Waals surface area contributed by atoms with Crippen molar-refractivity contribution >= 4 is 16.9 Å². The average Bonchev–Trinajstić information content (AvgIpc) is 2.98. The molecule has 2 saturated carbocycles. The first kappa shape index (κ1) is 14.5. The van der Waals surface area contributed by atoms with Gasteiger partial charge in [-0.2, -0.15) is 0 Å². The number of aromatic amines is 1. The quantitative estimate of drug-likeness (QED) is 0.933. The predicted molar refractivity (Wildman–Crippen MR) is 93.6 cm³/mol. The zero-order valence-electron chi connectivity index (χ0n) is 14.2. The van der Waals surface area contributed by atoms with E-state index in [0.29, 0.717) is 24.4 Å². The summed E-state index contributed by atoms with van der Waals surface area (Å²) in [6.45, 7) is 2.17. The van der Waals surface area contributed by atoms with Crippen molar-refractivity contribution in [1.82, 2.24) is 14.9 Å². The van der Waals surface area contributed by atoms with Crippen LogP contribution in [-0.2, 0) is 4.79 Å². The second kappa shape index (κ2) is 5.33. The Bertz CT molecular complexity index is 752. The Labute approximate surface area is 142 Å². The van der Waals surface area contributed by atoms with Crippen molar-refractivity contribution in [2.45, 2.75) is 63.5 Å². The molecule has 6 rings (SSSR count). The number of piperidine rings is 2. The Kier molecular flexibility index (Phi) is 3.22. The second-order valence-electron chi connectivity index (χ2n) is 8.27. The number of carbonyl (C=O) groups excluding carboxylic acids is 1. The molecular formula is C20H25N3O. The van der Waals surface area contributed by atoms with Crippen molar-refractivity contribution in [1.29, 1.82) is 0 Å². The number of aromatic nitrogens is 2. The van der Waals surface area contributed by atoms with Crippen LogP contribution in [0.5, 0.6) is 0 Å². The van der Waals surface area contributed by atoms with Gasteiger partial charge in [0.1, 0.15) is 5.65 Å². The molecule has 24 heavy (non-hydrogen) atoms. The van der Waals surface area contributed by atoms with Crippen LogP contribution in [0.1, 0.15) is 56.9 Å². The third-order valence-corrected chi connectivity index (χ3v) is 6.66. The molecule has 1 atom stereocenters. The van der Waals surface area contributed by atoms with Gasteiger partial charge in [0.05, 0.1) is 0 Å². The summed E-state index contributed by atoms with van der Waals surface area (Å²) in [7, 11) is 0. The first-order valence-corrected chi connectivity index (χ1v) is 9.42. The van der Waals surface area contributed by atoms with Gasteiger partial charge in [0.25, 0.3) is 0 Å². The van der Waals surface area contributed by atoms with Gasteiger partial charge in [0, 0.05) is 36.3 Å². The molecule has 2 aliphatic carbocycles. The second-order valence-corrected chi connectivity index (χ2v) is 8.27. The third-order valence-electron chi connectivity index (χ3n) is 6.66. The van der Waals surface area contributed by atoms with Crippen molar-refractivity contribution in [3.05, 3.63) is 30.1 Å². The maximum absolute atomic E-state index is 13.1. The van der Waals surface area contributed by atoms with E-state index < -0.39 is 0 Å². The van der Waals surface area contributed by atoms with Gasteiger partial charge in [-0.15, -0.1) is 0 Å². The number of amides is 1. The maximum atomic E-state index is 13.1. The number of nitrogens with zero attached hydrogens (tertiary/aromatic N) is 2. The van der Waals surface area contributed by atoms with Gasteiger partial charge in [0.15, 0.2) is 0 Å². The smallest absolute Gasteiger partial charge is 0.223 e. The van der Waals surface area contributed by atoms with Crippen LogP contribution in [-0.4, -0.2) is 32.9 Å². The summed E-state index contributed by atoms with van der Waals surface area (Å²) in [4.78, 5) is 23.0. The minimum absolute atomic E-state index is 0.229. The van der Waals surface area contributed by atoms with Crippen LogP contribution in [0, 0.1) is 11.8 Å². The number of nitrogens with one attached hydrogen (secondary N) is 1. The number of rotatable bonds is 3. The van der Waals surface area contributed by atoms with Crippen LogP contribution in [0.15, 0.2) is 24.5 Å². The van der Waals surface area contributed by atoms with Gasteiger partial charge in [-0.05, 0) is 67.6 Å². The molecule has 126 valence electrons. The maximum Gasteiger partial charge on any atom is 0.223 e. The molecule has 4 aliphatic rings. The Morgan fingerprint density at radius 2 is 1.96 bits per heavy atom. The summed E-state index contributed by atoms with van der Waals surface area (Å²) in [5, 5.41) is 1.15. The van der Waals surface area contributed by atoms with E-state index in [1.807, 2.05) is 12.3 Å². The van der Waals surface area contributed by atoms with Crippen LogP contribution in [0.25, 0.3) is 11.0 Å². The van der Waals surface area contributed by atoms with Gasteiger partial charge >= 0.3 is 0 Å². The monoisotopic (exact) mass is 323 g/mol. The Hall–Kier alpha value is -1.84. The molecule has 2 aliphatic heterocycles. The highest BCUT2D eigenvalue weighted by Crippen LogP contribution is 2.49. The predicted octanol–water partition coefficient (Wildman–Crippen LogP) is 3.85. The van der Waals surface area contributed by atoms with Gasteiger partial charge < -0.3 is 9.88 Å². The lowest BCUT2D eigenvalue weighted by Gasteiger charge is -2.56. The highest BCUT2D eigenvalue weighted by atomic mass is 16.2. The molecular weight excluding hydrogens is 298 g/mol. The Morgan fingerprint density at radius 3 is 2.67 bits per heavy atom. The molecule has 1 amide bonds. The fourth-order valence-corrected chi connectivity index (χ4v) is 5.80. The summed E-state index contributed by atoms with van der Waals surface area (Å²) < 4.78 is 0. The summed E-state index contributed by atoms with van der Waals surface area (Å²) in [6.07, 6.45) is 10.9. The molecule has 1 N–H and O–H groups in total. The lowest BCUT2D eigenvalue weighted by Crippen LogP contribution is -2.59. The van der Waals surface area contributed by atoms with Crippen molar-refractivity contribution in [2.24, 2.45) is 11.8 Å². The van der Waals surface area contributed by atoms with E-state index >= 15 is 0 Å². The molecule has 0 aromatic carbocycles. The lowest BCUT2D eigenvalue weighted by atomic mass is 9.63. The highest BCUT2D eigenvalue weighted by molar-refractivity contribution is 5.83. The van der Waals surface area contributed by atoms with Gasteiger partial charge in [-0.1, -0.05) is 6.92 Å². The molecule has 4 heterocycles. The fraction of sp³-hybridized carbons (Fsp3) is 0.600. The number of fused-ring (bicyclic) bond motifs is 1. The molecule has 4 fully saturated rings. The topological polar surface area (TPSA) is 49.0 Å². The number of carbonyl (C=O) groups is 1. The van der Waals surface area contributed by atoms with E-state index in [1.54, 1.807) is 6.20 Å². The van der Waals surface area contributed by atoms with Gasteiger partial charge in [-0.25, -0.2) is 4.98 Å². The number of H-pyrrole nitrogens is 1. The normalized spacial score (nSPS) is 32.5. The first-order chi connectivity index (χ1) is 11.7. The largest absolute Gasteiger partial charge is 0.346 e. The van der Waals surface area contributed by atoms with Gasteiger partial charge in [0.2, 0.25) is 5.91 Å². The lowest BCUT2D eigenvalue weighted by molar-refractivity contribution is -0.149. The van der Waals surface area contributed by atoms with E-state index in [1.165, 1.54) is 37.7 Å². The molecule has 4 nitrogen and oxygen atoms in total. The van der Waals surface area contributed by atoms with E-state index in [-0.39, 0.29) is 5.92 Å². The first-order valence-electron chi connectivity index (χ1n) is 9.42. The van der Waals surface area contributed by atoms with E-state index in [4.69, 9.17) is 0 Å². The summed E-state index contributed by atoms with van der Waals surface area (Å²) >= 11 is 0. The molecule has 1 unspecified atom stereocenters. The standard InChI is InChI=1S/C20H25N3O/c1-12(18-11-22-20-17(18)3-2-4-21-20)5-19(24)23-15-7-13-6-14(9-15)10-16(23)8-13/h2-4,11-16H,5-10H2,1H3,(H,21,22). The zero-order valence-corrected chi connectivity index (χ0v) is 14.2. The molecule has 0 spiro atoms. The summed E-state index contributed by atoms with van der Waals surface area (Å²) in [6, 6.07) is 5.13. The Balaban J connectivity index is 1.35. The molecule has 2 saturated heterocycles. The van der Waals surface area contributed by atoms with Crippen molar-refractivity contribution < 1.29 is 4.79 Å². The summed E-state index contributed by atoms with van der Waals surface area (Å²) in [5.41, 5.74) is 2.14. The van der Waals surface area contributed by atoms with E-state index in [0.717, 1.165) is 22.9 Å². The molecule has 2 aromatic rings. The van der Waals surface area contributed by atoms with Crippen LogP contribution < -0.4 is 0 Å². The van der Waals surface area contributed by atoms with E-state index in [2.05, 4.69) is 27.9 Å². The minimum Gasteiger partial charge on any atom is -0.346 e. The zero-order chi connectivity index (χ0) is 16.3. The molecule has 0 radical (unpaired) electrons. The number of hydrogen-bond donors (Lipinski definition) is 1. The van der Waals surface area contributed by atoms with Crippen LogP contribution >= 0.6 is 0 Å². The van der Waals surface area contributed by atoms with Crippen LogP contribution in [0.3, 0.4) is 0 Å². The molecule has 4 heteroatoms. The molecule has 4 bridgehead atoms. The average molecular weight is 323 g/mol. The highest BCUT2D eigenvalue weighted by Gasteiger charge is 2.48. The van der Waals surface area contributed by atoms with Crippen molar-refractivity contribution in [2.75, 3.05) is 0 Å². The third kappa shape index (κ3) is 2.19. The molecule has 2 aromatic heterocycles.